The topological polar surface area (TPSA) is 29.9 Å². The summed E-state index contributed by atoms with van der Waals surface area (Å²) in [5, 5.41) is 7.98. The van der Waals surface area contributed by atoms with Crippen molar-refractivity contribution in [1.82, 2.24) is 15.1 Å². The molecule has 0 saturated heterocycles. The second kappa shape index (κ2) is 6.68. The average molecular weight is 342 g/mol. The first-order chi connectivity index (χ1) is 9.11. The summed E-state index contributed by atoms with van der Waals surface area (Å²) in [4.78, 5) is 2.75. The maximum atomic E-state index is 4.55. The van der Waals surface area contributed by atoms with Gasteiger partial charge < -0.3 is 5.32 Å². The molecule has 0 spiro atoms. The number of aromatic nitrogens is 2. The molecule has 2 aromatic rings. The normalized spacial score (nSPS) is 11.2. The summed E-state index contributed by atoms with van der Waals surface area (Å²) in [6.45, 7) is 9.23. The van der Waals surface area contributed by atoms with Gasteiger partial charge in [-0.15, -0.1) is 11.3 Å². The zero-order valence-corrected chi connectivity index (χ0v) is 14.1. The lowest BCUT2D eigenvalue weighted by atomic mass is 10.4. The van der Waals surface area contributed by atoms with E-state index in [4.69, 9.17) is 0 Å². The molecular weight excluding hydrogens is 322 g/mol. The van der Waals surface area contributed by atoms with Gasteiger partial charge in [0.15, 0.2) is 0 Å². The number of halogens is 1. The minimum Gasteiger partial charge on any atom is -0.312 e. The Morgan fingerprint density at radius 2 is 2.05 bits per heavy atom. The van der Waals surface area contributed by atoms with Gasteiger partial charge >= 0.3 is 0 Å². The van der Waals surface area contributed by atoms with Crippen LogP contribution in [0.2, 0.25) is 0 Å². The largest absolute Gasteiger partial charge is 0.312 e. The molecule has 0 aliphatic heterocycles. The highest BCUT2D eigenvalue weighted by Gasteiger charge is 2.09. The predicted octanol–water partition coefficient (Wildman–Crippen LogP) is 3.87. The van der Waals surface area contributed by atoms with Crippen LogP contribution in [0.3, 0.4) is 0 Å². The zero-order chi connectivity index (χ0) is 13.8. The molecule has 0 aliphatic rings. The van der Waals surface area contributed by atoms with E-state index >= 15 is 0 Å². The molecule has 2 heterocycles. The number of aryl methyl sites for hydroxylation is 1. The first-order valence-electron chi connectivity index (χ1n) is 6.59. The molecule has 0 atom stereocenters. The molecular formula is C14H20BrN3S. The van der Waals surface area contributed by atoms with Gasteiger partial charge in [-0.25, -0.2) is 0 Å². The molecule has 0 amide bonds. The molecule has 3 nitrogen and oxygen atoms in total. The van der Waals surface area contributed by atoms with E-state index < -0.39 is 0 Å². The Morgan fingerprint density at radius 1 is 1.32 bits per heavy atom. The summed E-state index contributed by atoms with van der Waals surface area (Å²) in [5.41, 5.74) is 2.25. The Bertz CT molecular complexity index is 545. The van der Waals surface area contributed by atoms with Gasteiger partial charge in [0, 0.05) is 16.3 Å². The predicted molar refractivity (Wildman–Crippen MR) is 84.8 cm³/mol. The van der Waals surface area contributed by atoms with Crippen LogP contribution < -0.4 is 5.32 Å². The second-order valence-corrected chi connectivity index (χ2v) is 6.73. The molecule has 0 aliphatic carbocycles. The molecule has 0 radical (unpaired) electrons. The highest BCUT2D eigenvalue weighted by molar-refractivity contribution is 9.10. The Hall–Kier alpha value is -0.650. The third-order valence-electron chi connectivity index (χ3n) is 3.04. The van der Waals surface area contributed by atoms with Crippen molar-refractivity contribution >= 4 is 27.3 Å². The first-order valence-corrected chi connectivity index (χ1v) is 8.20. The molecule has 1 N–H and O–H groups in total. The van der Waals surface area contributed by atoms with Crippen molar-refractivity contribution in [3.63, 3.8) is 0 Å². The van der Waals surface area contributed by atoms with E-state index in [1.165, 1.54) is 21.9 Å². The van der Waals surface area contributed by atoms with Gasteiger partial charge in [-0.3, -0.25) is 4.68 Å². The minimum absolute atomic E-state index is 0.858. The molecule has 19 heavy (non-hydrogen) atoms. The second-order valence-electron chi connectivity index (χ2n) is 4.69. The zero-order valence-electron chi connectivity index (χ0n) is 11.7. The van der Waals surface area contributed by atoms with Gasteiger partial charge in [0.05, 0.1) is 22.4 Å². The fourth-order valence-electron chi connectivity index (χ4n) is 1.97. The van der Waals surface area contributed by atoms with Crippen molar-refractivity contribution in [2.45, 2.75) is 40.3 Å². The van der Waals surface area contributed by atoms with Crippen molar-refractivity contribution in [2.75, 3.05) is 6.54 Å². The molecule has 0 aromatic carbocycles. The van der Waals surface area contributed by atoms with Gasteiger partial charge in [-0.1, -0.05) is 6.92 Å². The van der Waals surface area contributed by atoms with Gasteiger partial charge in [-0.05, 0) is 54.9 Å². The van der Waals surface area contributed by atoms with Gasteiger partial charge in [0.25, 0.3) is 0 Å². The fourth-order valence-corrected chi connectivity index (χ4v) is 3.22. The Balaban J connectivity index is 2.01. The van der Waals surface area contributed by atoms with E-state index in [0.717, 1.165) is 29.8 Å². The number of hydrogen-bond acceptors (Lipinski definition) is 3. The molecule has 0 unspecified atom stereocenters. The Kier molecular flexibility index (Phi) is 5.19. The molecule has 5 heteroatoms. The van der Waals surface area contributed by atoms with Crippen LogP contribution in [0.15, 0.2) is 16.6 Å². The van der Waals surface area contributed by atoms with Crippen molar-refractivity contribution in [2.24, 2.45) is 0 Å². The molecule has 0 fully saturated rings. The number of nitrogens with one attached hydrogen (secondary N) is 1. The maximum Gasteiger partial charge on any atom is 0.0755 e. The summed E-state index contributed by atoms with van der Waals surface area (Å²) in [6, 6.07) is 4.42. The lowest BCUT2D eigenvalue weighted by Crippen LogP contribution is -2.12. The quantitative estimate of drug-likeness (QED) is 0.808. The number of nitrogens with zero attached hydrogens (tertiary/aromatic N) is 2. The standard InChI is InChI=1S/C14H20BrN3S/c1-4-7-16-8-12-5-6-13(19-12)9-18-11(3)14(15)10(2)17-18/h5-6,16H,4,7-9H2,1-3H3. The first kappa shape index (κ1) is 14.8. The summed E-state index contributed by atoms with van der Waals surface area (Å²) in [5.74, 6) is 0. The van der Waals surface area contributed by atoms with Crippen molar-refractivity contribution in [3.05, 3.63) is 37.7 Å². The van der Waals surface area contributed by atoms with Gasteiger partial charge in [0.2, 0.25) is 0 Å². The summed E-state index contributed by atoms with van der Waals surface area (Å²) >= 11 is 5.43. The Labute approximate surface area is 127 Å². The molecule has 104 valence electrons. The van der Waals surface area contributed by atoms with Crippen molar-refractivity contribution in [1.29, 1.82) is 0 Å². The number of hydrogen-bond donors (Lipinski definition) is 1. The lowest BCUT2D eigenvalue weighted by Gasteiger charge is -2.02. The van der Waals surface area contributed by atoms with Crippen LogP contribution in [-0.2, 0) is 13.1 Å². The van der Waals surface area contributed by atoms with E-state index in [2.05, 4.69) is 57.0 Å². The van der Waals surface area contributed by atoms with Gasteiger partial charge in [0.1, 0.15) is 0 Å². The Morgan fingerprint density at radius 3 is 2.68 bits per heavy atom. The van der Waals surface area contributed by atoms with Gasteiger partial charge in [-0.2, -0.15) is 5.10 Å². The average Bonchev–Trinajstić information content (AvgIpc) is 2.92. The highest BCUT2D eigenvalue weighted by atomic mass is 79.9. The van der Waals surface area contributed by atoms with Crippen LogP contribution in [0.25, 0.3) is 0 Å². The third kappa shape index (κ3) is 3.68. The van der Waals surface area contributed by atoms with Crippen LogP contribution in [-0.4, -0.2) is 16.3 Å². The summed E-state index contributed by atoms with van der Waals surface area (Å²) < 4.78 is 3.18. The molecule has 0 saturated carbocycles. The number of thiophene rings is 1. The SMILES string of the molecule is CCCNCc1ccc(Cn2nc(C)c(Br)c2C)s1. The van der Waals surface area contributed by atoms with Crippen LogP contribution >= 0.6 is 27.3 Å². The minimum atomic E-state index is 0.858. The van der Waals surface area contributed by atoms with E-state index in [1.54, 1.807) is 0 Å². The van der Waals surface area contributed by atoms with Crippen molar-refractivity contribution < 1.29 is 0 Å². The molecule has 2 rings (SSSR count). The lowest BCUT2D eigenvalue weighted by molar-refractivity contribution is 0.665. The van der Waals surface area contributed by atoms with E-state index in [1.807, 2.05) is 18.3 Å². The number of rotatable bonds is 6. The smallest absolute Gasteiger partial charge is 0.0755 e. The summed E-state index contributed by atoms with van der Waals surface area (Å²) in [7, 11) is 0. The van der Waals surface area contributed by atoms with Crippen molar-refractivity contribution in [3.8, 4) is 0 Å². The van der Waals surface area contributed by atoms with Crippen LogP contribution in [0.1, 0.15) is 34.5 Å². The molecule has 2 aromatic heterocycles. The van der Waals surface area contributed by atoms with Crippen LogP contribution in [0.5, 0.6) is 0 Å². The van der Waals surface area contributed by atoms with Crippen LogP contribution in [0.4, 0.5) is 0 Å². The molecule has 0 bridgehead atoms. The fraction of sp³-hybridized carbons (Fsp3) is 0.500. The summed E-state index contributed by atoms with van der Waals surface area (Å²) in [6.07, 6.45) is 1.18. The monoisotopic (exact) mass is 341 g/mol. The van der Waals surface area contributed by atoms with E-state index in [0.29, 0.717) is 0 Å². The van der Waals surface area contributed by atoms with E-state index in [-0.39, 0.29) is 0 Å². The third-order valence-corrected chi connectivity index (χ3v) is 5.26. The highest BCUT2D eigenvalue weighted by Crippen LogP contribution is 2.23. The maximum absolute atomic E-state index is 4.55. The van der Waals surface area contributed by atoms with Crippen LogP contribution in [0, 0.1) is 13.8 Å². The van der Waals surface area contributed by atoms with E-state index in [9.17, 15) is 0 Å².